The number of nitro benzene ring substituents is 1. The van der Waals surface area contributed by atoms with E-state index in [-0.39, 0.29) is 4.47 Å². The molecule has 0 radical (unpaired) electrons. The summed E-state index contributed by atoms with van der Waals surface area (Å²) in [6.07, 6.45) is 0. The molecule has 0 N–H and O–H groups in total. The zero-order valence-electron chi connectivity index (χ0n) is 7.79. The average molecular weight is 296 g/mol. The predicted molar refractivity (Wildman–Crippen MR) is 52.1 cm³/mol. The van der Waals surface area contributed by atoms with E-state index in [1.54, 1.807) is 0 Å². The number of hydrogen-bond donors (Lipinski definition) is 0. The van der Waals surface area contributed by atoms with Gasteiger partial charge in [-0.25, -0.2) is 9.18 Å². The van der Waals surface area contributed by atoms with E-state index < -0.39 is 33.8 Å². The molecule has 0 unspecified atom stereocenters. The van der Waals surface area contributed by atoms with E-state index in [0.717, 1.165) is 7.11 Å². The molecule has 0 bridgehead atoms. The third-order valence-electron chi connectivity index (χ3n) is 1.72. The van der Waals surface area contributed by atoms with Gasteiger partial charge >= 0.3 is 11.7 Å². The Morgan fingerprint density at radius 2 is 2.06 bits per heavy atom. The molecule has 0 saturated carbocycles. The molecule has 0 fully saturated rings. The lowest BCUT2D eigenvalue weighted by atomic mass is 10.1. The van der Waals surface area contributed by atoms with Crippen LogP contribution in [0.25, 0.3) is 0 Å². The van der Waals surface area contributed by atoms with Crippen LogP contribution in [0.3, 0.4) is 0 Å². The first kappa shape index (κ1) is 12.5. The van der Waals surface area contributed by atoms with Gasteiger partial charge in [0.25, 0.3) is 0 Å². The molecule has 16 heavy (non-hydrogen) atoms. The number of carbonyl (C=O) groups is 1. The Morgan fingerprint density at radius 1 is 1.50 bits per heavy atom. The van der Waals surface area contributed by atoms with Gasteiger partial charge in [0.05, 0.1) is 16.5 Å². The lowest BCUT2D eigenvalue weighted by Gasteiger charge is -2.04. The first-order chi connectivity index (χ1) is 7.40. The van der Waals surface area contributed by atoms with Crippen LogP contribution in [0.15, 0.2) is 10.5 Å². The molecule has 0 spiro atoms. The van der Waals surface area contributed by atoms with Crippen LogP contribution in [0.1, 0.15) is 10.4 Å². The van der Waals surface area contributed by atoms with E-state index in [2.05, 4.69) is 20.7 Å². The van der Waals surface area contributed by atoms with Gasteiger partial charge in [0.2, 0.25) is 5.82 Å². The second-order valence-electron chi connectivity index (χ2n) is 2.63. The number of hydrogen-bond acceptors (Lipinski definition) is 4. The largest absolute Gasteiger partial charge is 0.465 e. The number of nitro groups is 1. The van der Waals surface area contributed by atoms with E-state index in [0.29, 0.717) is 6.07 Å². The van der Waals surface area contributed by atoms with Gasteiger partial charge in [-0.05, 0) is 15.9 Å². The lowest BCUT2D eigenvalue weighted by Crippen LogP contribution is -2.10. The number of ether oxygens (including phenoxy) is 1. The van der Waals surface area contributed by atoms with Crippen molar-refractivity contribution in [2.45, 2.75) is 0 Å². The van der Waals surface area contributed by atoms with E-state index in [9.17, 15) is 23.7 Å². The maximum atomic E-state index is 13.4. The summed E-state index contributed by atoms with van der Waals surface area (Å²) in [5.41, 5.74) is -2.10. The van der Waals surface area contributed by atoms with Gasteiger partial charge in [-0.3, -0.25) is 10.1 Å². The van der Waals surface area contributed by atoms with Gasteiger partial charge in [-0.2, -0.15) is 4.39 Å². The Hall–Kier alpha value is -1.57. The van der Waals surface area contributed by atoms with Crippen LogP contribution in [0.4, 0.5) is 14.5 Å². The van der Waals surface area contributed by atoms with E-state index >= 15 is 0 Å². The molecule has 0 heterocycles. The summed E-state index contributed by atoms with van der Waals surface area (Å²) in [7, 11) is 0.911. The summed E-state index contributed by atoms with van der Waals surface area (Å²) in [6.45, 7) is 0. The molecule has 0 aliphatic heterocycles. The van der Waals surface area contributed by atoms with Crippen LogP contribution < -0.4 is 0 Å². The highest BCUT2D eigenvalue weighted by Gasteiger charge is 2.29. The van der Waals surface area contributed by atoms with Crippen molar-refractivity contribution in [3.8, 4) is 0 Å². The van der Waals surface area contributed by atoms with Gasteiger partial charge in [-0.15, -0.1) is 0 Å². The summed E-state index contributed by atoms with van der Waals surface area (Å²) in [5, 5.41) is 10.4. The fourth-order valence-corrected chi connectivity index (χ4v) is 1.42. The molecule has 0 aliphatic carbocycles. The predicted octanol–water partition coefficient (Wildman–Crippen LogP) is 2.42. The Labute approximate surface area is 96.3 Å². The summed E-state index contributed by atoms with van der Waals surface area (Å²) in [6, 6.07) is 0.636. The van der Waals surface area contributed by atoms with E-state index in [1.807, 2.05) is 0 Å². The van der Waals surface area contributed by atoms with Crippen LogP contribution in [0.5, 0.6) is 0 Å². The molecule has 0 amide bonds. The standard InChI is InChI=1S/C8H4BrF2NO4/c1-16-8(13)5-6(10)3(9)2-4(7(5)11)12(14)15/h2H,1H3. The monoisotopic (exact) mass is 295 g/mol. The summed E-state index contributed by atoms with van der Waals surface area (Å²) >= 11 is 2.64. The Kier molecular flexibility index (Phi) is 3.53. The second kappa shape index (κ2) is 4.52. The van der Waals surface area contributed by atoms with Crippen LogP contribution in [-0.4, -0.2) is 18.0 Å². The fourth-order valence-electron chi connectivity index (χ4n) is 1.00. The first-order valence-electron chi connectivity index (χ1n) is 3.80. The van der Waals surface area contributed by atoms with Gasteiger partial charge in [-0.1, -0.05) is 0 Å². The molecule has 0 saturated heterocycles. The zero-order valence-corrected chi connectivity index (χ0v) is 9.38. The first-order valence-corrected chi connectivity index (χ1v) is 4.59. The molecule has 8 heteroatoms. The SMILES string of the molecule is COC(=O)c1c(F)c(Br)cc([N+](=O)[O-])c1F. The zero-order chi connectivity index (χ0) is 12.5. The average Bonchev–Trinajstić information content (AvgIpc) is 2.22. The van der Waals surface area contributed by atoms with Crippen molar-refractivity contribution in [3.05, 3.63) is 37.9 Å². The maximum Gasteiger partial charge on any atom is 0.344 e. The van der Waals surface area contributed by atoms with Gasteiger partial charge in [0.1, 0.15) is 5.56 Å². The molecule has 1 rings (SSSR count). The Morgan fingerprint density at radius 3 is 2.50 bits per heavy atom. The summed E-state index contributed by atoms with van der Waals surface area (Å²) < 4.78 is 30.5. The molecular weight excluding hydrogens is 292 g/mol. The molecule has 1 aromatic carbocycles. The van der Waals surface area contributed by atoms with Crippen molar-refractivity contribution in [3.63, 3.8) is 0 Å². The number of carbonyl (C=O) groups excluding carboxylic acids is 1. The number of halogens is 3. The van der Waals surface area contributed by atoms with E-state index in [4.69, 9.17) is 0 Å². The minimum Gasteiger partial charge on any atom is -0.465 e. The molecule has 86 valence electrons. The minimum absolute atomic E-state index is 0.388. The number of methoxy groups -OCH3 is 1. The van der Waals surface area contributed by atoms with Crippen LogP contribution in [0.2, 0.25) is 0 Å². The minimum atomic E-state index is -1.56. The number of benzene rings is 1. The summed E-state index contributed by atoms with van der Waals surface area (Å²) in [4.78, 5) is 20.4. The van der Waals surface area contributed by atoms with Crippen LogP contribution in [-0.2, 0) is 4.74 Å². The summed E-state index contributed by atoms with van der Waals surface area (Å²) in [5.74, 6) is -4.12. The maximum absolute atomic E-state index is 13.4. The van der Waals surface area contributed by atoms with Crippen LogP contribution in [0, 0.1) is 21.7 Å². The van der Waals surface area contributed by atoms with Gasteiger partial charge in [0.15, 0.2) is 5.82 Å². The van der Waals surface area contributed by atoms with Crippen molar-refractivity contribution < 1.29 is 23.2 Å². The molecule has 5 nitrogen and oxygen atoms in total. The van der Waals surface area contributed by atoms with Crippen molar-refractivity contribution in [2.24, 2.45) is 0 Å². The molecule has 0 aliphatic rings. The van der Waals surface area contributed by atoms with E-state index in [1.165, 1.54) is 0 Å². The molecule has 0 atom stereocenters. The third kappa shape index (κ3) is 2.01. The fraction of sp³-hybridized carbons (Fsp3) is 0.125. The quantitative estimate of drug-likeness (QED) is 0.364. The molecule has 0 aromatic heterocycles. The highest BCUT2D eigenvalue weighted by molar-refractivity contribution is 9.10. The molecular formula is C8H4BrF2NO4. The van der Waals surface area contributed by atoms with Crippen LogP contribution >= 0.6 is 15.9 Å². The second-order valence-corrected chi connectivity index (χ2v) is 3.48. The van der Waals surface area contributed by atoms with Gasteiger partial charge < -0.3 is 4.74 Å². The Bertz CT molecular complexity index is 478. The number of nitrogens with zero attached hydrogens (tertiary/aromatic N) is 1. The van der Waals surface area contributed by atoms with Crippen molar-refractivity contribution in [1.29, 1.82) is 0 Å². The third-order valence-corrected chi connectivity index (χ3v) is 2.30. The number of esters is 1. The normalized spacial score (nSPS) is 10.0. The highest BCUT2D eigenvalue weighted by Crippen LogP contribution is 2.30. The van der Waals surface area contributed by atoms with Gasteiger partial charge in [0, 0.05) is 6.07 Å². The number of rotatable bonds is 2. The van der Waals surface area contributed by atoms with Crippen molar-refractivity contribution in [1.82, 2.24) is 0 Å². The smallest absolute Gasteiger partial charge is 0.344 e. The molecule has 1 aromatic rings. The van der Waals surface area contributed by atoms with Crippen molar-refractivity contribution >= 4 is 27.6 Å². The highest BCUT2D eigenvalue weighted by atomic mass is 79.9. The Balaban J connectivity index is 3.58. The van der Waals surface area contributed by atoms with Crippen molar-refractivity contribution in [2.75, 3.05) is 7.11 Å². The lowest BCUT2D eigenvalue weighted by molar-refractivity contribution is -0.387. The topological polar surface area (TPSA) is 69.4 Å².